The molecule has 0 fully saturated rings. The number of hydrogen-bond donors (Lipinski definition) is 0. The van der Waals surface area contributed by atoms with E-state index in [0.717, 1.165) is 17.6 Å². The van der Waals surface area contributed by atoms with Gasteiger partial charge in [0.15, 0.2) is 0 Å². The molecule has 0 amide bonds. The molecule has 0 saturated carbocycles. The molecule has 72 valence electrons. The van der Waals surface area contributed by atoms with Crippen molar-refractivity contribution in [3.63, 3.8) is 0 Å². The van der Waals surface area contributed by atoms with Crippen molar-refractivity contribution >= 4 is 21.6 Å². The lowest BCUT2D eigenvalue weighted by molar-refractivity contribution is 0.791. The molecule has 0 spiro atoms. The predicted molar refractivity (Wildman–Crippen MR) is 62.3 cm³/mol. The largest absolute Gasteiger partial charge is 0.372 e. The summed E-state index contributed by atoms with van der Waals surface area (Å²) >= 11 is 3.48. The Morgan fingerprint density at radius 3 is 2.62 bits per heavy atom. The molecular weight excluding hydrogens is 226 g/mol. The zero-order chi connectivity index (χ0) is 9.68. The van der Waals surface area contributed by atoms with Crippen molar-refractivity contribution in [1.29, 1.82) is 0 Å². The van der Waals surface area contributed by atoms with Gasteiger partial charge in [-0.25, -0.2) is 0 Å². The van der Waals surface area contributed by atoms with E-state index in [1.807, 2.05) is 0 Å². The summed E-state index contributed by atoms with van der Waals surface area (Å²) in [5, 5.41) is 0. The van der Waals surface area contributed by atoms with Crippen molar-refractivity contribution in [2.75, 3.05) is 18.0 Å². The minimum Gasteiger partial charge on any atom is -0.372 e. The van der Waals surface area contributed by atoms with Crippen LogP contribution in [0.2, 0.25) is 0 Å². The van der Waals surface area contributed by atoms with Crippen LogP contribution in [0.3, 0.4) is 0 Å². The average Bonchev–Trinajstić information content (AvgIpc) is 2.14. The lowest BCUT2D eigenvalue weighted by atomic mass is 10.3. The molecular formula is C11H16BrN. The molecule has 0 aliphatic heterocycles. The van der Waals surface area contributed by atoms with Gasteiger partial charge in [-0.1, -0.05) is 28.9 Å². The molecule has 13 heavy (non-hydrogen) atoms. The van der Waals surface area contributed by atoms with E-state index < -0.39 is 0 Å². The second-order valence-electron chi connectivity index (χ2n) is 3.06. The van der Waals surface area contributed by atoms with Crippen LogP contribution in [0, 0.1) is 0 Å². The summed E-state index contributed by atoms with van der Waals surface area (Å²) in [5.41, 5.74) is 1.30. The second-order valence-corrected chi connectivity index (χ2v) is 3.98. The average molecular weight is 242 g/mol. The van der Waals surface area contributed by atoms with Gasteiger partial charge in [0.1, 0.15) is 0 Å². The van der Waals surface area contributed by atoms with Crippen molar-refractivity contribution in [2.45, 2.75) is 20.3 Å². The molecule has 1 nitrogen and oxygen atoms in total. The molecule has 1 aromatic carbocycles. The highest BCUT2D eigenvalue weighted by Gasteiger charge is 2.01. The molecule has 1 rings (SSSR count). The summed E-state index contributed by atoms with van der Waals surface area (Å²) in [7, 11) is 0. The topological polar surface area (TPSA) is 3.24 Å². The Balaban J connectivity index is 2.78. The van der Waals surface area contributed by atoms with Gasteiger partial charge in [0.25, 0.3) is 0 Å². The molecule has 0 unspecified atom stereocenters. The Kier molecular flexibility index (Phi) is 4.29. The van der Waals surface area contributed by atoms with E-state index in [0.29, 0.717) is 0 Å². The quantitative estimate of drug-likeness (QED) is 0.778. The predicted octanol–water partition coefficient (Wildman–Crippen LogP) is 3.69. The van der Waals surface area contributed by atoms with E-state index in [2.05, 4.69) is 58.9 Å². The monoisotopic (exact) mass is 241 g/mol. The van der Waals surface area contributed by atoms with Gasteiger partial charge in [-0.3, -0.25) is 0 Å². The van der Waals surface area contributed by atoms with Crippen LogP contribution < -0.4 is 4.90 Å². The van der Waals surface area contributed by atoms with Gasteiger partial charge in [0, 0.05) is 23.2 Å². The fourth-order valence-corrected chi connectivity index (χ4v) is 1.80. The summed E-state index contributed by atoms with van der Waals surface area (Å²) < 4.78 is 1.15. The summed E-state index contributed by atoms with van der Waals surface area (Å²) in [4.78, 5) is 2.38. The third kappa shape index (κ3) is 3.03. The summed E-state index contributed by atoms with van der Waals surface area (Å²) in [6.45, 7) is 6.61. The summed E-state index contributed by atoms with van der Waals surface area (Å²) in [5.74, 6) is 0. The zero-order valence-electron chi connectivity index (χ0n) is 8.26. The number of benzene rings is 1. The maximum atomic E-state index is 3.48. The standard InChI is InChI=1S/C11H16BrN/c1-3-8-13(4-2)11-7-5-6-10(12)9-11/h5-7,9H,3-4,8H2,1-2H3. The Labute approximate surface area is 88.9 Å². The second kappa shape index (κ2) is 5.28. The van der Waals surface area contributed by atoms with E-state index in [4.69, 9.17) is 0 Å². The number of anilines is 1. The normalized spacial score (nSPS) is 10.1. The minimum atomic E-state index is 1.07. The minimum absolute atomic E-state index is 1.07. The SMILES string of the molecule is CCCN(CC)c1cccc(Br)c1. The molecule has 0 N–H and O–H groups in total. The van der Waals surface area contributed by atoms with Gasteiger partial charge in [-0.15, -0.1) is 0 Å². The van der Waals surface area contributed by atoms with Gasteiger partial charge in [-0.05, 0) is 31.5 Å². The third-order valence-corrected chi connectivity index (χ3v) is 2.54. The van der Waals surface area contributed by atoms with E-state index in [1.165, 1.54) is 12.1 Å². The van der Waals surface area contributed by atoms with Crippen molar-refractivity contribution in [3.8, 4) is 0 Å². The molecule has 0 saturated heterocycles. The lowest BCUT2D eigenvalue weighted by Gasteiger charge is -2.22. The van der Waals surface area contributed by atoms with E-state index in [-0.39, 0.29) is 0 Å². The van der Waals surface area contributed by atoms with Gasteiger partial charge < -0.3 is 4.90 Å². The molecule has 0 bridgehead atoms. The fourth-order valence-electron chi connectivity index (χ4n) is 1.41. The first-order chi connectivity index (χ1) is 6.27. The van der Waals surface area contributed by atoms with Crippen LogP contribution >= 0.6 is 15.9 Å². The molecule has 0 atom stereocenters. The Morgan fingerprint density at radius 2 is 2.08 bits per heavy atom. The van der Waals surface area contributed by atoms with Crippen LogP contribution in [0.5, 0.6) is 0 Å². The smallest absolute Gasteiger partial charge is 0.0377 e. The Bertz CT molecular complexity index is 260. The Morgan fingerprint density at radius 1 is 1.31 bits per heavy atom. The number of nitrogens with zero attached hydrogens (tertiary/aromatic N) is 1. The highest BCUT2D eigenvalue weighted by molar-refractivity contribution is 9.10. The lowest BCUT2D eigenvalue weighted by Crippen LogP contribution is -2.23. The van der Waals surface area contributed by atoms with Crippen LogP contribution in [-0.2, 0) is 0 Å². The molecule has 0 heterocycles. The van der Waals surface area contributed by atoms with Gasteiger partial charge in [0.2, 0.25) is 0 Å². The van der Waals surface area contributed by atoms with Crippen molar-refractivity contribution < 1.29 is 0 Å². The molecule has 0 aliphatic carbocycles. The van der Waals surface area contributed by atoms with Gasteiger partial charge in [0.05, 0.1) is 0 Å². The zero-order valence-corrected chi connectivity index (χ0v) is 9.84. The van der Waals surface area contributed by atoms with Crippen LogP contribution in [0.4, 0.5) is 5.69 Å². The molecule has 0 radical (unpaired) electrons. The number of rotatable bonds is 4. The number of halogens is 1. The van der Waals surface area contributed by atoms with Crippen LogP contribution in [-0.4, -0.2) is 13.1 Å². The first-order valence-electron chi connectivity index (χ1n) is 4.78. The van der Waals surface area contributed by atoms with Crippen LogP contribution in [0.15, 0.2) is 28.7 Å². The maximum Gasteiger partial charge on any atom is 0.0377 e. The maximum absolute atomic E-state index is 3.48. The van der Waals surface area contributed by atoms with Crippen LogP contribution in [0.1, 0.15) is 20.3 Å². The molecule has 0 aliphatic rings. The highest BCUT2D eigenvalue weighted by Crippen LogP contribution is 2.19. The molecule has 2 heteroatoms. The summed E-state index contributed by atoms with van der Waals surface area (Å²) in [6, 6.07) is 8.46. The number of hydrogen-bond acceptors (Lipinski definition) is 1. The van der Waals surface area contributed by atoms with Crippen molar-refractivity contribution in [1.82, 2.24) is 0 Å². The summed E-state index contributed by atoms with van der Waals surface area (Å²) in [6.07, 6.45) is 1.19. The first-order valence-corrected chi connectivity index (χ1v) is 5.57. The van der Waals surface area contributed by atoms with Gasteiger partial charge >= 0.3 is 0 Å². The fraction of sp³-hybridized carbons (Fsp3) is 0.455. The van der Waals surface area contributed by atoms with E-state index >= 15 is 0 Å². The van der Waals surface area contributed by atoms with Crippen LogP contribution in [0.25, 0.3) is 0 Å². The first kappa shape index (κ1) is 10.6. The van der Waals surface area contributed by atoms with E-state index in [1.54, 1.807) is 0 Å². The Hall–Kier alpha value is -0.500. The molecule has 1 aromatic rings. The van der Waals surface area contributed by atoms with Gasteiger partial charge in [-0.2, -0.15) is 0 Å². The highest BCUT2D eigenvalue weighted by atomic mass is 79.9. The van der Waals surface area contributed by atoms with Crippen molar-refractivity contribution in [2.24, 2.45) is 0 Å². The third-order valence-electron chi connectivity index (χ3n) is 2.05. The van der Waals surface area contributed by atoms with E-state index in [9.17, 15) is 0 Å². The molecule has 0 aromatic heterocycles. The van der Waals surface area contributed by atoms with Crippen molar-refractivity contribution in [3.05, 3.63) is 28.7 Å².